The van der Waals surface area contributed by atoms with E-state index in [2.05, 4.69) is 115 Å². The van der Waals surface area contributed by atoms with Crippen molar-refractivity contribution in [2.24, 2.45) is 0 Å². The first-order chi connectivity index (χ1) is 13.4. The molecular weight excluding hydrogens is 364 g/mol. The minimum atomic E-state index is -0.0814. The molecule has 1 aliphatic carbocycles. The molecule has 0 fully saturated rings. The predicted octanol–water partition coefficient (Wildman–Crippen LogP) is 7.27. The third kappa shape index (κ3) is 4.65. The fourth-order valence-electron chi connectivity index (χ4n) is 2.93. The highest BCUT2D eigenvalue weighted by atomic mass is 32.2. The predicted molar refractivity (Wildman–Crippen MR) is 118 cm³/mol. The molecule has 0 nitrogen and oxygen atoms in total. The van der Waals surface area contributed by atoms with E-state index in [1.54, 1.807) is 0 Å². The second kappa shape index (κ2) is 8.98. The van der Waals surface area contributed by atoms with Gasteiger partial charge in [0.2, 0.25) is 0 Å². The molecule has 0 saturated carbocycles. The highest BCUT2D eigenvalue weighted by Gasteiger charge is 2.28. The van der Waals surface area contributed by atoms with E-state index in [9.17, 15) is 0 Å². The van der Waals surface area contributed by atoms with Gasteiger partial charge in [-0.3, -0.25) is 0 Å². The Labute approximate surface area is 168 Å². The van der Waals surface area contributed by atoms with E-state index in [0.29, 0.717) is 0 Å². The summed E-state index contributed by atoms with van der Waals surface area (Å²) in [4.78, 5) is 6.60. The summed E-state index contributed by atoms with van der Waals surface area (Å²) in [6.45, 7) is 0. The van der Waals surface area contributed by atoms with Gasteiger partial charge in [-0.25, -0.2) is 0 Å². The van der Waals surface area contributed by atoms with Crippen LogP contribution in [0.4, 0.5) is 0 Å². The van der Waals surface area contributed by atoms with Gasteiger partial charge in [0, 0.05) is 9.80 Å². The number of allylic oxidation sites excluding steroid dienone is 5. The normalized spacial score (nSPS) is 13.4. The van der Waals surface area contributed by atoms with Crippen LogP contribution in [0.1, 0.15) is 6.42 Å². The molecule has 0 spiro atoms. The lowest BCUT2D eigenvalue weighted by molar-refractivity contribution is 1.29. The molecule has 0 aliphatic heterocycles. The van der Waals surface area contributed by atoms with Crippen LogP contribution < -0.4 is 0 Å². The lowest BCUT2D eigenvalue weighted by Crippen LogP contribution is -2.04. The van der Waals surface area contributed by atoms with E-state index in [1.165, 1.54) is 24.5 Å². The summed E-state index contributed by atoms with van der Waals surface area (Å²) in [6.07, 6.45) is 11.9. The van der Waals surface area contributed by atoms with Crippen molar-refractivity contribution in [1.82, 2.24) is 0 Å². The number of hydrogen-bond acceptors (Lipinski definition) is 1. The second-order valence-electron chi connectivity index (χ2n) is 6.14. The van der Waals surface area contributed by atoms with Crippen molar-refractivity contribution in [3.05, 3.63) is 120 Å². The van der Waals surface area contributed by atoms with Gasteiger partial charge in [-0.2, -0.15) is 0 Å². The summed E-state index contributed by atoms with van der Waals surface area (Å²) in [5.74, 6) is 0. The highest BCUT2D eigenvalue weighted by Crippen LogP contribution is 2.34. The van der Waals surface area contributed by atoms with E-state index in [-0.39, 0.29) is 10.9 Å². The average molecular weight is 386 g/mol. The minimum Gasteiger partial charge on any atom is -0.0901 e. The van der Waals surface area contributed by atoms with Crippen LogP contribution in [0.15, 0.2) is 140 Å². The van der Waals surface area contributed by atoms with Crippen LogP contribution in [0.3, 0.4) is 0 Å². The highest BCUT2D eigenvalue weighted by molar-refractivity contribution is 8.03. The molecule has 0 unspecified atom stereocenters. The Morgan fingerprint density at radius 2 is 1.22 bits per heavy atom. The Balaban J connectivity index is 1.63. The Kier molecular flexibility index (Phi) is 5.98. The SMILES string of the molecule is C1=CCC=CC(Sc2ccc([S+](c3ccccc3)c3ccccc3)cc2)=C1. The van der Waals surface area contributed by atoms with E-state index in [0.717, 1.165) is 6.42 Å². The first kappa shape index (κ1) is 18.0. The maximum Gasteiger partial charge on any atom is 0.166 e. The molecule has 2 heteroatoms. The molecule has 4 rings (SSSR count). The zero-order valence-electron chi connectivity index (χ0n) is 15.0. The number of thioether (sulfide) groups is 1. The van der Waals surface area contributed by atoms with Crippen molar-refractivity contribution in [1.29, 1.82) is 0 Å². The molecule has 3 aromatic carbocycles. The molecule has 0 heterocycles. The summed E-state index contributed by atoms with van der Waals surface area (Å²) >= 11 is 1.82. The van der Waals surface area contributed by atoms with Gasteiger partial charge < -0.3 is 0 Å². The molecule has 3 aromatic rings. The van der Waals surface area contributed by atoms with Gasteiger partial charge in [-0.15, -0.1) is 0 Å². The van der Waals surface area contributed by atoms with Crippen LogP contribution in [0.5, 0.6) is 0 Å². The van der Waals surface area contributed by atoms with Crippen molar-refractivity contribution in [3.8, 4) is 0 Å². The molecule has 0 amide bonds. The van der Waals surface area contributed by atoms with E-state index >= 15 is 0 Å². The standard InChI is InChI=1S/C25H21S2/c1-2-6-12-21(11-5-1)26-22-17-19-25(20-18-22)27(23-13-7-3-8-14-23)24-15-9-4-10-16-24/h1,3-20H,2H2/q+1. The smallest absolute Gasteiger partial charge is 0.0901 e. The van der Waals surface area contributed by atoms with E-state index in [4.69, 9.17) is 0 Å². The molecule has 0 radical (unpaired) electrons. The summed E-state index contributed by atoms with van der Waals surface area (Å²) in [5, 5.41) is 0. The van der Waals surface area contributed by atoms with E-state index in [1.807, 2.05) is 11.8 Å². The molecule has 0 atom stereocenters. The van der Waals surface area contributed by atoms with E-state index < -0.39 is 0 Å². The van der Waals surface area contributed by atoms with Crippen LogP contribution in [0.2, 0.25) is 0 Å². The Morgan fingerprint density at radius 1 is 0.630 bits per heavy atom. The molecule has 132 valence electrons. The van der Waals surface area contributed by atoms with Crippen molar-refractivity contribution in [3.63, 3.8) is 0 Å². The van der Waals surface area contributed by atoms with Gasteiger partial charge in [0.1, 0.15) is 0 Å². The van der Waals surface area contributed by atoms with Gasteiger partial charge in [0.25, 0.3) is 0 Å². The molecule has 1 aliphatic rings. The summed E-state index contributed by atoms with van der Waals surface area (Å²) < 4.78 is 0. The zero-order valence-corrected chi connectivity index (χ0v) is 16.6. The summed E-state index contributed by atoms with van der Waals surface area (Å²) in [6, 6.07) is 30.6. The first-order valence-corrected chi connectivity index (χ1v) is 11.1. The molecule has 0 bridgehead atoms. The lowest BCUT2D eigenvalue weighted by Gasteiger charge is -2.09. The van der Waals surface area contributed by atoms with Crippen LogP contribution in [-0.4, -0.2) is 0 Å². The average Bonchev–Trinajstić information content (AvgIpc) is 3.00. The lowest BCUT2D eigenvalue weighted by atomic mass is 10.4. The van der Waals surface area contributed by atoms with Crippen molar-refractivity contribution in [2.75, 3.05) is 0 Å². The van der Waals surface area contributed by atoms with Crippen LogP contribution in [-0.2, 0) is 10.9 Å². The first-order valence-electron chi connectivity index (χ1n) is 9.06. The zero-order chi connectivity index (χ0) is 18.3. The Morgan fingerprint density at radius 3 is 1.85 bits per heavy atom. The molecule has 0 N–H and O–H groups in total. The summed E-state index contributed by atoms with van der Waals surface area (Å²) in [5.41, 5.74) is 0. The maximum absolute atomic E-state index is 2.28. The molecule has 27 heavy (non-hydrogen) atoms. The minimum absolute atomic E-state index is 0.0814. The van der Waals surface area contributed by atoms with Crippen LogP contribution in [0.25, 0.3) is 0 Å². The molecule has 0 saturated heterocycles. The van der Waals surface area contributed by atoms with Crippen molar-refractivity contribution < 1.29 is 0 Å². The van der Waals surface area contributed by atoms with Gasteiger partial charge in [0.15, 0.2) is 14.7 Å². The second-order valence-corrected chi connectivity index (χ2v) is 9.31. The maximum atomic E-state index is 2.28. The largest absolute Gasteiger partial charge is 0.166 e. The fraction of sp³-hybridized carbons (Fsp3) is 0.0400. The third-order valence-electron chi connectivity index (χ3n) is 4.20. The number of rotatable bonds is 5. The monoisotopic (exact) mass is 385 g/mol. The fourth-order valence-corrected chi connectivity index (χ4v) is 5.87. The van der Waals surface area contributed by atoms with Crippen molar-refractivity contribution in [2.45, 2.75) is 26.0 Å². The van der Waals surface area contributed by atoms with Crippen molar-refractivity contribution >= 4 is 22.7 Å². The third-order valence-corrected chi connectivity index (χ3v) is 7.45. The van der Waals surface area contributed by atoms with Crippen LogP contribution in [0, 0.1) is 0 Å². The van der Waals surface area contributed by atoms with Crippen LogP contribution >= 0.6 is 11.8 Å². The number of hydrogen-bond donors (Lipinski definition) is 0. The molecular formula is C25H21S2+. The van der Waals surface area contributed by atoms with Gasteiger partial charge in [-0.1, -0.05) is 72.5 Å². The quantitative estimate of drug-likeness (QED) is 0.416. The van der Waals surface area contributed by atoms with Gasteiger partial charge >= 0.3 is 0 Å². The van der Waals surface area contributed by atoms with Gasteiger partial charge in [-0.05, 0) is 61.0 Å². The Hall–Kier alpha value is -2.42. The number of benzene rings is 3. The topological polar surface area (TPSA) is 0 Å². The molecule has 0 aromatic heterocycles. The summed E-state index contributed by atoms with van der Waals surface area (Å²) in [7, 11) is -0.0814. The Bertz CT molecular complexity index is 913. The van der Waals surface area contributed by atoms with Gasteiger partial charge in [0.05, 0.1) is 10.9 Å².